The molecule has 0 saturated heterocycles. The standard InChI is InChI=1S/C13H14BrNO2/c1-8-5-9(7-17-8)13(15)11-6-10(14)3-4-12(11)16-2/h3-7,13H,15H2,1-2H3. The lowest BCUT2D eigenvalue weighted by Crippen LogP contribution is -2.12. The van der Waals surface area contributed by atoms with E-state index in [9.17, 15) is 0 Å². The van der Waals surface area contributed by atoms with Crippen molar-refractivity contribution in [3.63, 3.8) is 0 Å². The summed E-state index contributed by atoms with van der Waals surface area (Å²) < 4.78 is 11.6. The lowest BCUT2D eigenvalue weighted by Gasteiger charge is -2.14. The van der Waals surface area contributed by atoms with Crippen LogP contribution in [0.5, 0.6) is 5.75 Å². The zero-order chi connectivity index (χ0) is 12.4. The van der Waals surface area contributed by atoms with Gasteiger partial charge in [0.15, 0.2) is 0 Å². The molecule has 1 atom stereocenters. The first kappa shape index (κ1) is 12.2. The van der Waals surface area contributed by atoms with Crippen LogP contribution >= 0.6 is 15.9 Å². The molecule has 2 N–H and O–H groups in total. The summed E-state index contributed by atoms with van der Waals surface area (Å²) in [6, 6.07) is 7.47. The molecule has 1 aromatic heterocycles. The molecule has 0 fully saturated rings. The summed E-state index contributed by atoms with van der Waals surface area (Å²) in [5.41, 5.74) is 8.09. The van der Waals surface area contributed by atoms with E-state index in [0.29, 0.717) is 0 Å². The third kappa shape index (κ3) is 2.53. The number of hydrogen-bond donors (Lipinski definition) is 1. The summed E-state index contributed by atoms with van der Waals surface area (Å²) in [5.74, 6) is 1.63. The Morgan fingerprint density at radius 1 is 1.35 bits per heavy atom. The Bertz CT molecular complexity index is 522. The number of aryl methyl sites for hydroxylation is 1. The van der Waals surface area contributed by atoms with Gasteiger partial charge in [0.2, 0.25) is 0 Å². The smallest absolute Gasteiger partial charge is 0.124 e. The number of halogens is 1. The predicted octanol–water partition coefficient (Wildman–Crippen LogP) is 3.41. The summed E-state index contributed by atoms with van der Waals surface area (Å²) in [7, 11) is 1.64. The van der Waals surface area contributed by atoms with E-state index in [1.165, 1.54) is 0 Å². The molecule has 4 heteroatoms. The van der Waals surface area contributed by atoms with Gasteiger partial charge in [-0.25, -0.2) is 0 Å². The summed E-state index contributed by atoms with van der Waals surface area (Å²) in [6.45, 7) is 1.90. The van der Waals surface area contributed by atoms with E-state index in [1.807, 2.05) is 31.2 Å². The number of hydrogen-bond acceptors (Lipinski definition) is 3. The number of furan rings is 1. The number of nitrogens with two attached hydrogens (primary N) is 1. The van der Waals surface area contributed by atoms with Gasteiger partial charge in [-0.2, -0.15) is 0 Å². The highest BCUT2D eigenvalue weighted by molar-refractivity contribution is 9.10. The molecule has 2 rings (SSSR count). The molecule has 0 radical (unpaired) electrons. The largest absolute Gasteiger partial charge is 0.496 e. The van der Waals surface area contributed by atoms with Gasteiger partial charge in [-0.05, 0) is 31.2 Å². The van der Waals surface area contributed by atoms with Crippen molar-refractivity contribution in [3.05, 3.63) is 51.9 Å². The van der Waals surface area contributed by atoms with Gasteiger partial charge < -0.3 is 14.9 Å². The average Bonchev–Trinajstić information content (AvgIpc) is 2.75. The topological polar surface area (TPSA) is 48.4 Å². The molecule has 1 heterocycles. The minimum Gasteiger partial charge on any atom is -0.496 e. The van der Waals surface area contributed by atoms with Crippen LogP contribution in [0.4, 0.5) is 0 Å². The van der Waals surface area contributed by atoms with Gasteiger partial charge in [-0.15, -0.1) is 0 Å². The molecule has 0 spiro atoms. The van der Waals surface area contributed by atoms with Crippen molar-refractivity contribution < 1.29 is 9.15 Å². The van der Waals surface area contributed by atoms with Gasteiger partial charge in [0.05, 0.1) is 19.4 Å². The van der Waals surface area contributed by atoms with Gasteiger partial charge in [-0.1, -0.05) is 15.9 Å². The monoisotopic (exact) mass is 295 g/mol. The number of benzene rings is 1. The predicted molar refractivity (Wildman–Crippen MR) is 70.2 cm³/mol. The fourth-order valence-electron chi connectivity index (χ4n) is 1.75. The molecule has 1 unspecified atom stereocenters. The third-order valence-electron chi connectivity index (χ3n) is 2.64. The van der Waals surface area contributed by atoms with Crippen LogP contribution in [0.2, 0.25) is 0 Å². The highest BCUT2D eigenvalue weighted by Gasteiger charge is 2.16. The van der Waals surface area contributed by atoms with Crippen molar-refractivity contribution in [2.45, 2.75) is 13.0 Å². The summed E-state index contributed by atoms with van der Waals surface area (Å²) >= 11 is 3.44. The van der Waals surface area contributed by atoms with E-state index in [4.69, 9.17) is 14.9 Å². The molecule has 0 aliphatic carbocycles. The van der Waals surface area contributed by atoms with E-state index in [0.717, 1.165) is 27.1 Å². The van der Waals surface area contributed by atoms with Gasteiger partial charge in [-0.3, -0.25) is 0 Å². The number of ether oxygens (including phenoxy) is 1. The lowest BCUT2D eigenvalue weighted by molar-refractivity contribution is 0.407. The highest BCUT2D eigenvalue weighted by Crippen LogP contribution is 2.31. The number of methoxy groups -OCH3 is 1. The quantitative estimate of drug-likeness (QED) is 0.944. The zero-order valence-electron chi connectivity index (χ0n) is 9.74. The molecule has 0 amide bonds. The fourth-order valence-corrected chi connectivity index (χ4v) is 2.13. The average molecular weight is 296 g/mol. The number of rotatable bonds is 3. The second-order valence-corrected chi connectivity index (χ2v) is 4.77. The molecule has 2 aromatic rings. The van der Waals surface area contributed by atoms with Gasteiger partial charge in [0.25, 0.3) is 0 Å². The molecule has 3 nitrogen and oxygen atoms in total. The summed E-state index contributed by atoms with van der Waals surface area (Å²) in [4.78, 5) is 0. The van der Waals surface area contributed by atoms with Crippen molar-refractivity contribution in [2.24, 2.45) is 5.73 Å². The molecule has 0 saturated carbocycles. The van der Waals surface area contributed by atoms with Crippen molar-refractivity contribution >= 4 is 15.9 Å². The Morgan fingerprint density at radius 3 is 2.71 bits per heavy atom. The van der Waals surface area contributed by atoms with Crippen LogP contribution in [0, 0.1) is 6.92 Å². The third-order valence-corrected chi connectivity index (χ3v) is 3.13. The maximum absolute atomic E-state index is 6.21. The second-order valence-electron chi connectivity index (χ2n) is 3.85. The molecule has 0 aliphatic heterocycles. The van der Waals surface area contributed by atoms with E-state index in [2.05, 4.69) is 15.9 Å². The Labute approximate surface area is 109 Å². The van der Waals surface area contributed by atoms with Crippen LogP contribution in [0.1, 0.15) is 22.9 Å². The first-order chi connectivity index (χ1) is 8.11. The maximum Gasteiger partial charge on any atom is 0.124 e. The molecular weight excluding hydrogens is 282 g/mol. The highest BCUT2D eigenvalue weighted by atomic mass is 79.9. The van der Waals surface area contributed by atoms with Crippen molar-refractivity contribution in [1.82, 2.24) is 0 Å². The zero-order valence-corrected chi connectivity index (χ0v) is 11.3. The van der Waals surface area contributed by atoms with Crippen LogP contribution < -0.4 is 10.5 Å². The minimum atomic E-state index is -0.250. The molecule has 17 heavy (non-hydrogen) atoms. The Balaban J connectivity index is 2.42. The van der Waals surface area contributed by atoms with Gasteiger partial charge >= 0.3 is 0 Å². The van der Waals surface area contributed by atoms with Crippen molar-refractivity contribution in [3.8, 4) is 5.75 Å². The van der Waals surface area contributed by atoms with E-state index >= 15 is 0 Å². The van der Waals surface area contributed by atoms with Crippen molar-refractivity contribution in [1.29, 1.82) is 0 Å². The Kier molecular flexibility index (Phi) is 3.54. The van der Waals surface area contributed by atoms with E-state index in [1.54, 1.807) is 13.4 Å². The molecule has 0 bridgehead atoms. The van der Waals surface area contributed by atoms with Crippen LogP contribution in [0.15, 0.2) is 39.4 Å². The minimum absolute atomic E-state index is 0.250. The van der Waals surface area contributed by atoms with Crippen LogP contribution in [0.25, 0.3) is 0 Å². The normalized spacial score (nSPS) is 12.5. The first-order valence-corrected chi connectivity index (χ1v) is 6.05. The SMILES string of the molecule is COc1ccc(Br)cc1C(N)c1coc(C)c1. The van der Waals surface area contributed by atoms with E-state index < -0.39 is 0 Å². The molecule has 90 valence electrons. The van der Waals surface area contributed by atoms with E-state index in [-0.39, 0.29) is 6.04 Å². The second kappa shape index (κ2) is 4.94. The maximum atomic E-state index is 6.21. The van der Waals surface area contributed by atoms with Crippen LogP contribution in [-0.4, -0.2) is 7.11 Å². The first-order valence-electron chi connectivity index (χ1n) is 5.26. The van der Waals surface area contributed by atoms with Crippen LogP contribution in [-0.2, 0) is 0 Å². The lowest BCUT2D eigenvalue weighted by atomic mass is 10.0. The van der Waals surface area contributed by atoms with Crippen molar-refractivity contribution in [2.75, 3.05) is 7.11 Å². The van der Waals surface area contributed by atoms with Gasteiger partial charge in [0.1, 0.15) is 11.5 Å². The molecule has 0 aliphatic rings. The Morgan fingerprint density at radius 2 is 2.12 bits per heavy atom. The fraction of sp³-hybridized carbons (Fsp3) is 0.231. The van der Waals surface area contributed by atoms with Crippen LogP contribution in [0.3, 0.4) is 0 Å². The molecule has 1 aromatic carbocycles. The summed E-state index contributed by atoms with van der Waals surface area (Å²) in [5, 5.41) is 0. The summed E-state index contributed by atoms with van der Waals surface area (Å²) in [6.07, 6.45) is 1.68. The van der Waals surface area contributed by atoms with Gasteiger partial charge in [0, 0.05) is 15.6 Å². The Hall–Kier alpha value is -1.26. The molecular formula is C13H14BrNO2.